The van der Waals surface area contributed by atoms with Crippen LogP contribution < -0.4 is 0 Å². The first-order valence-electron chi connectivity index (χ1n) is 6.42. The molecule has 0 saturated carbocycles. The lowest BCUT2D eigenvalue weighted by Gasteiger charge is -2.06. The molecule has 0 amide bonds. The van der Waals surface area contributed by atoms with Crippen LogP contribution >= 0.6 is 0 Å². The Bertz CT molecular complexity index is 549. The van der Waals surface area contributed by atoms with E-state index in [-0.39, 0.29) is 5.69 Å². The third kappa shape index (κ3) is 3.19. The van der Waals surface area contributed by atoms with Crippen molar-refractivity contribution in [1.29, 1.82) is 0 Å². The molecule has 1 N–H and O–H groups in total. The zero-order chi connectivity index (χ0) is 13.7. The Labute approximate surface area is 111 Å². The summed E-state index contributed by atoms with van der Waals surface area (Å²) in [5, 5.41) is 16.9. The summed E-state index contributed by atoms with van der Waals surface area (Å²) >= 11 is 0. The molecule has 0 unspecified atom stereocenters. The molecule has 0 spiro atoms. The van der Waals surface area contributed by atoms with Crippen LogP contribution in [0, 0.1) is 0 Å². The molecule has 5 heteroatoms. The van der Waals surface area contributed by atoms with E-state index in [1.54, 1.807) is 4.68 Å². The lowest BCUT2D eigenvalue weighted by atomic mass is 10.1. The normalized spacial score (nSPS) is 10.6. The number of nitrogens with zero attached hydrogens (tertiary/aromatic N) is 3. The molecular weight excluding hydrogens is 242 g/mol. The molecule has 5 nitrogen and oxygen atoms in total. The van der Waals surface area contributed by atoms with Crippen molar-refractivity contribution in [3.8, 4) is 0 Å². The molecule has 19 heavy (non-hydrogen) atoms. The van der Waals surface area contributed by atoms with Crippen LogP contribution in [-0.2, 0) is 13.0 Å². The predicted octanol–water partition coefficient (Wildman–Crippen LogP) is 2.37. The summed E-state index contributed by atoms with van der Waals surface area (Å²) in [6.45, 7) is 2.80. The highest BCUT2D eigenvalue weighted by atomic mass is 16.4. The summed E-state index contributed by atoms with van der Waals surface area (Å²) < 4.78 is 1.71. The molecule has 2 rings (SSSR count). The standard InChI is InChI=1S/C14H17N3O2/c1-2-3-9-17-12(13(14(18)19)15-16-17)10-11-7-5-4-6-8-11/h4-8H,2-3,9-10H2,1H3,(H,18,19). The number of carboxylic acids is 1. The number of hydrogen-bond acceptors (Lipinski definition) is 3. The van der Waals surface area contributed by atoms with Gasteiger partial charge in [0.1, 0.15) is 0 Å². The SMILES string of the molecule is CCCCn1nnc(C(=O)O)c1Cc1ccccc1. The van der Waals surface area contributed by atoms with E-state index in [1.807, 2.05) is 30.3 Å². The largest absolute Gasteiger partial charge is 0.476 e. The second-order valence-electron chi connectivity index (χ2n) is 4.43. The van der Waals surface area contributed by atoms with E-state index >= 15 is 0 Å². The van der Waals surface area contributed by atoms with Gasteiger partial charge in [-0.3, -0.25) is 0 Å². The average Bonchev–Trinajstić information content (AvgIpc) is 2.80. The number of aryl methyl sites for hydroxylation is 1. The maximum absolute atomic E-state index is 11.2. The van der Waals surface area contributed by atoms with Crippen LogP contribution in [-0.4, -0.2) is 26.1 Å². The van der Waals surface area contributed by atoms with Gasteiger partial charge in [-0.15, -0.1) is 5.10 Å². The molecule has 0 aliphatic heterocycles. The number of carbonyl (C=O) groups is 1. The Morgan fingerprint density at radius 3 is 2.68 bits per heavy atom. The van der Waals surface area contributed by atoms with Crippen LogP contribution in [0.1, 0.15) is 41.5 Å². The molecular formula is C14H17N3O2. The maximum Gasteiger partial charge on any atom is 0.358 e. The lowest BCUT2D eigenvalue weighted by Crippen LogP contribution is -2.09. The summed E-state index contributed by atoms with van der Waals surface area (Å²) in [4.78, 5) is 11.2. The Balaban J connectivity index is 2.29. The molecule has 1 aromatic heterocycles. The van der Waals surface area contributed by atoms with Crippen molar-refractivity contribution in [3.05, 3.63) is 47.3 Å². The van der Waals surface area contributed by atoms with Crippen molar-refractivity contribution in [3.63, 3.8) is 0 Å². The highest BCUT2D eigenvalue weighted by molar-refractivity contribution is 5.86. The Morgan fingerprint density at radius 1 is 1.32 bits per heavy atom. The Kier molecular flexibility index (Phi) is 4.28. The average molecular weight is 259 g/mol. The fraction of sp³-hybridized carbons (Fsp3) is 0.357. The monoisotopic (exact) mass is 259 g/mol. The van der Waals surface area contributed by atoms with E-state index in [0.717, 1.165) is 18.4 Å². The third-order valence-corrected chi connectivity index (χ3v) is 2.98. The van der Waals surface area contributed by atoms with Crippen molar-refractivity contribution < 1.29 is 9.90 Å². The second-order valence-corrected chi connectivity index (χ2v) is 4.43. The molecule has 1 aromatic carbocycles. The summed E-state index contributed by atoms with van der Waals surface area (Å²) in [7, 11) is 0. The van der Waals surface area contributed by atoms with Gasteiger partial charge in [0.25, 0.3) is 0 Å². The zero-order valence-corrected chi connectivity index (χ0v) is 10.9. The first-order valence-corrected chi connectivity index (χ1v) is 6.42. The number of aromatic nitrogens is 3. The molecule has 0 radical (unpaired) electrons. The van der Waals surface area contributed by atoms with E-state index in [1.165, 1.54) is 0 Å². The lowest BCUT2D eigenvalue weighted by molar-refractivity contribution is 0.0689. The minimum atomic E-state index is -1.02. The smallest absolute Gasteiger partial charge is 0.358 e. The van der Waals surface area contributed by atoms with Gasteiger partial charge in [0.15, 0.2) is 5.69 Å². The maximum atomic E-state index is 11.2. The first kappa shape index (κ1) is 13.3. The Morgan fingerprint density at radius 2 is 2.05 bits per heavy atom. The summed E-state index contributed by atoms with van der Waals surface area (Å²) in [5.74, 6) is -1.02. The first-order chi connectivity index (χ1) is 9.22. The van der Waals surface area contributed by atoms with E-state index in [4.69, 9.17) is 5.11 Å². The number of benzene rings is 1. The van der Waals surface area contributed by atoms with E-state index in [2.05, 4.69) is 17.2 Å². The van der Waals surface area contributed by atoms with Crippen molar-refractivity contribution >= 4 is 5.97 Å². The van der Waals surface area contributed by atoms with Gasteiger partial charge >= 0.3 is 5.97 Å². The van der Waals surface area contributed by atoms with Crippen molar-refractivity contribution in [2.45, 2.75) is 32.7 Å². The van der Waals surface area contributed by atoms with Crippen LogP contribution in [0.3, 0.4) is 0 Å². The molecule has 0 aliphatic carbocycles. The second kappa shape index (κ2) is 6.13. The summed E-state index contributed by atoms with van der Waals surface area (Å²) in [6, 6.07) is 9.77. The van der Waals surface area contributed by atoms with Gasteiger partial charge in [-0.1, -0.05) is 48.9 Å². The number of carboxylic acid groups (broad SMARTS) is 1. The zero-order valence-electron chi connectivity index (χ0n) is 10.9. The van der Waals surface area contributed by atoms with E-state index < -0.39 is 5.97 Å². The van der Waals surface area contributed by atoms with Gasteiger partial charge in [-0.2, -0.15) is 0 Å². The van der Waals surface area contributed by atoms with Crippen LogP contribution in [0.25, 0.3) is 0 Å². The fourth-order valence-electron chi connectivity index (χ4n) is 1.95. The van der Waals surface area contributed by atoms with Gasteiger partial charge < -0.3 is 5.11 Å². The van der Waals surface area contributed by atoms with Crippen molar-refractivity contribution in [2.24, 2.45) is 0 Å². The van der Waals surface area contributed by atoms with Crippen LogP contribution in [0.5, 0.6) is 0 Å². The van der Waals surface area contributed by atoms with Gasteiger partial charge in [0.2, 0.25) is 0 Å². The van der Waals surface area contributed by atoms with Gasteiger partial charge in [0.05, 0.1) is 5.69 Å². The highest BCUT2D eigenvalue weighted by Crippen LogP contribution is 2.13. The molecule has 0 fully saturated rings. The van der Waals surface area contributed by atoms with E-state index in [0.29, 0.717) is 18.7 Å². The van der Waals surface area contributed by atoms with Crippen LogP contribution in [0.4, 0.5) is 0 Å². The number of rotatable bonds is 6. The number of hydrogen-bond donors (Lipinski definition) is 1. The van der Waals surface area contributed by atoms with Crippen molar-refractivity contribution in [1.82, 2.24) is 15.0 Å². The van der Waals surface area contributed by atoms with Gasteiger partial charge in [0, 0.05) is 13.0 Å². The summed E-state index contributed by atoms with van der Waals surface area (Å²) in [6.07, 6.45) is 2.54. The van der Waals surface area contributed by atoms with E-state index in [9.17, 15) is 4.79 Å². The van der Waals surface area contributed by atoms with Crippen LogP contribution in [0.15, 0.2) is 30.3 Å². The van der Waals surface area contributed by atoms with Crippen molar-refractivity contribution in [2.75, 3.05) is 0 Å². The molecule has 100 valence electrons. The van der Waals surface area contributed by atoms with Gasteiger partial charge in [-0.05, 0) is 12.0 Å². The number of aromatic carboxylic acids is 1. The quantitative estimate of drug-likeness (QED) is 0.864. The number of unbranched alkanes of at least 4 members (excludes halogenated alkanes) is 1. The third-order valence-electron chi connectivity index (χ3n) is 2.98. The topological polar surface area (TPSA) is 68.0 Å². The molecule has 1 heterocycles. The molecule has 0 bridgehead atoms. The fourth-order valence-corrected chi connectivity index (χ4v) is 1.95. The highest BCUT2D eigenvalue weighted by Gasteiger charge is 2.18. The van der Waals surface area contributed by atoms with Gasteiger partial charge in [-0.25, -0.2) is 9.48 Å². The molecule has 0 saturated heterocycles. The predicted molar refractivity (Wildman–Crippen MR) is 71.1 cm³/mol. The Hall–Kier alpha value is -2.17. The molecule has 0 atom stereocenters. The molecule has 0 aliphatic rings. The minimum Gasteiger partial charge on any atom is -0.476 e. The minimum absolute atomic E-state index is 0.0555. The van der Waals surface area contributed by atoms with Crippen LogP contribution in [0.2, 0.25) is 0 Å². The summed E-state index contributed by atoms with van der Waals surface area (Å²) in [5.41, 5.74) is 1.79. The molecule has 2 aromatic rings.